The van der Waals surface area contributed by atoms with Gasteiger partial charge in [-0.15, -0.1) is 0 Å². The maximum atomic E-state index is 12.2. The second-order valence-electron chi connectivity index (χ2n) is 6.32. The predicted molar refractivity (Wildman–Crippen MR) is 97.5 cm³/mol. The third-order valence-electron chi connectivity index (χ3n) is 3.98. The zero-order valence-electron chi connectivity index (χ0n) is 14.9. The van der Waals surface area contributed by atoms with Crippen LogP contribution in [0.3, 0.4) is 0 Å². The number of amides is 2. The predicted octanol–water partition coefficient (Wildman–Crippen LogP) is 3.60. The molecule has 0 aromatic heterocycles. The number of carbonyl (C=O) groups is 2. The highest BCUT2D eigenvalue weighted by atomic mass is 16.2. The fraction of sp³-hybridized carbons (Fsp3) is 0.300. The van der Waals surface area contributed by atoms with E-state index in [1.54, 1.807) is 6.07 Å². The quantitative estimate of drug-likeness (QED) is 0.903. The lowest BCUT2D eigenvalue weighted by Gasteiger charge is -2.13. The van der Waals surface area contributed by atoms with E-state index in [0.717, 1.165) is 33.5 Å². The Labute approximate surface area is 143 Å². The van der Waals surface area contributed by atoms with Gasteiger partial charge in [0, 0.05) is 11.3 Å². The van der Waals surface area contributed by atoms with Gasteiger partial charge >= 0.3 is 0 Å². The van der Waals surface area contributed by atoms with Crippen LogP contribution >= 0.6 is 0 Å². The summed E-state index contributed by atoms with van der Waals surface area (Å²) in [5.41, 5.74) is 6.60. The summed E-state index contributed by atoms with van der Waals surface area (Å²) >= 11 is 0. The van der Waals surface area contributed by atoms with Gasteiger partial charge in [0.2, 0.25) is 5.91 Å². The molecule has 2 N–H and O–H groups in total. The number of benzene rings is 2. The first kappa shape index (κ1) is 17.7. The topological polar surface area (TPSA) is 58.2 Å². The van der Waals surface area contributed by atoms with E-state index in [-0.39, 0.29) is 18.4 Å². The van der Waals surface area contributed by atoms with Crippen LogP contribution in [0.4, 0.5) is 5.69 Å². The minimum Gasteiger partial charge on any atom is -0.343 e. The van der Waals surface area contributed by atoms with E-state index >= 15 is 0 Å². The van der Waals surface area contributed by atoms with Crippen LogP contribution < -0.4 is 10.6 Å². The molecule has 0 spiro atoms. The molecule has 2 aromatic rings. The fourth-order valence-electron chi connectivity index (χ4n) is 2.88. The minimum absolute atomic E-state index is 0.0566. The van der Waals surface area contributed by atoms with Crippen molar-refractivity contribution in [2.45, 2.75) is 34.6 Å². The van der Waals surface area contributed by atoms with Crippen molar-refractivity contribution in [1.29, 1.82) is 0 Å². The van der Waals surface area contributed by atoms with E-state index in [9.17, 15) is 9.59 Å². The van der Waals surface area contributed by atoms with Gasteiger partial charge in [-0.25, -0.2) is 0 Å². The van der Waals surface area contributed by atoms with Crippen LogP contribution in [0.25, 0.3) is 0 Å². The molecule has 0 fully saturated rings. The highest BCUT2D eigenvalue weighted by molar-refractivity contribution is 6.00. The summed E-state index contributed by atoms with van der Waals surface area (Å²) in [6.45, 7) is 9.76. The second-order valence-corrected chi connectivity index (χ2v) is 6.32. The molecule has 2 amide bonds. The van der Waals surface area contributed by atoms with Crippen molar-refractivity contribution in [2.75, 3.05) is 11.9 Å². The Kier molecular flexibility index (Phi) is 5.39. The fourth-order valence-corrected chi connectivity index (χ4v) is 2.88. The first-order chi connectivity index (χ1) is 11.3. The lowest BCUT2D eigenvalue weighted by molar-refractivity contribution is -0.115. The first-order valence-corrected chi connectivity index (χ1v) is 8.01. The molecule has 0 saturated heterocycles. The molecule has 0 radical (unpaired) electrons. The molecule has 126 valence electrons. The molecule has 0 heterocycles. The third kappa shape index (κ3) is 4.22. The number of hydrogen-bond donors (Lipinski definition) is 2. The van der Waals surface area contributed by atoms with E-state index in [0.29, 0.717) is 5.56 Å². The van der Waals surface area contributed by atoms with Crippen molar-refractivity contribution in [3.63, 3.8) is 0 Å². The molecule has 0 aliphatic rings. The van der Waals surface area contributed by atoms with Gasteiger partial charge in [0.05, 0.1) is 6.54 Å². The summed E-state index contributed by atoms with van der Waals surface area (Å²) in [6, 6.07) is 9.68. The average molecular weight is 324 g/mol. The van der Waals surface area contributed by atoms with E-state index in [1.165, 1.54) is 0 Å². The van der Waals surface area contributed by atoms with Gasteiger partial charge in [0.1, 0.15) is 0 Å². The van der Waals surface area contributed by atoms with Crippen LogP contribution in [0.1, 0.15) is 38.2 Å². The summed E-state index contributed by atoms with van der Waals surface area (Å²) in [7, 11) is 0. The summed E-state index contributed by atoms with van der Waals surface area (Å²) in [4.78, 5) is 24.4. The molecule has 0 aliphatic heterocycles. The summed E-state index contributed by atoms with van der Waals surface area (Å²) in [5, 5.41) is 5.56. The van der Waals surface area contributed by atoms with Crippen molar-refractivity contribution in [1.82, 2.24) is 5.32 Å². The Bertz CT molecular complexity index is 771. The molecule has 2 aromatic carbocycles. The number of carbonyl (C=O) groups excluding carboxylic acids is 2. The molecular formula is C20H24N2O2. The van der Waals surface area contributed by atoms with Gasteiger partial charge in [-0.3, -0.25) is 9.59 Å². The minimum atomic E-state index is -0.236. The van der Waals surface area contributed by atoms with E-state index in [1.807, 2.05) is 58.9 Å². The van der Waals surface area contributed by atoms with E-state index < -0.39 is 0 Å². The smallest absolute Gasteiger partial charge is 0.251 e. The second kappa shape index (κ2) is 7.30. The normalized spacial score (nSPS) is 10.4. The van der Waals surface area contributed by atoms with Gasteiger partial charge in [0.15, 0.2) is 0 Å². The molecule has 24 heavy (non-hydrogen) atoms. The van der Waals surface area contributed by atoms with Crippen LogP contribution in [0.5, 0.6) is 0 Å². The van der Waals surface area contributed by atoms with Crippen molar-refractivity contribution < 1.29 is 9.59 Å². The zero-order valence-corrected chi connectivity index (χ0v) is 14.9. The Morgan fingerprint density at radius 2 is 1.42 bits per heavy atom. The molecule has 0 saturated carbocycles. The summed E-state index contributed by atoms with van der Waals surface area (Å²) in [5.74, 6) is -0.469. The maximum absolute atomic E-state index is 12.2. The van der Waals surface area contributed by atoms with Crippen LogP contribution in [-0.2, 0) is 4.79 Å². The number of hydrogen-bond acceptors (Lipinski definition) is 2. The van der Waals surface area contributed by atoms with Crippen molar-refractivity contribution in [3.05, 3.63) is 63.7 Å². The summed E-state index contributed by atoms with van der Waals surface area (Å²) < 4.78 is 0. The highest BCUT2D eigenvalue weighted by Gasteiger charge is 2.12. The molecule has 0 atom stereocenters. The molecule has 0 aliphatic carbocycles. The largest absolute Gasteiger partial charge is 0.343 e. The number of anilines is 1. The third-order valence-corrected chi connectivity index (χ3v) is 3.98. The number of aryl methyl sites for hydroxylation is 5. The lowest BCUT2D eigenvalue weighted by Crippen LogP contribution is -2.33. The van der Waals surface area contributed by atoms with Crippen molar-refractivity contribution in [2.24, 2.45) is 0 Å². The maximum Gasteiger partial charge on any atom is 0.251 e. The van der Waals surface area contributed by atoms with Gasteiger partial charge in [-0.2, -0.15) is 0 Å². The monoisotopic (exact) mass is 324 g/mol. The zero-order chi connectivity index (χ0) is 17.9. The van der Waals surface area contributed by atoms with E-state index in [4.69, 9.17) is 0 Å². The molecular weight excluding hydrogens is 300 g/mol. The molecule has 4 heteroatoms. The van der Waals surface area contributed by atoms with Crippen LogP contribution in [0, 0.1) is 34.6 Å². The Morgan fingerprint density at radius 3 is 2.00 bits per heavy atom. The molecule has 0 bridgehead atoms. The van der Waals surface area contributed by atoms with Gasteiger partial charge in [0.25, 0.3) is 5.91 Å². The van der Waals surface area contributed by atoms with E-state index in [2.05, 4.69) is 10.6 Å². The van der Waals surface area contributed by atoms with Crippen LogP contribution in [-0.4, -0.2) is 18.4 Å². The van der Waals surface area contributed by atoms with Crippen LogP contribution in [0.2, 0.25) is 0 Å². The molecule has 0 unspecified atom stereocenters. The Morgan fingerprint density at radius 1 is 0.833 bits per heavy atom. The summed E-state index contributed by atoms with van der Waals surface area (Å²) in [6.07, 6.45) is 0. The molecule has 4 nitrogen and oxygen atoms in total. The average Bonchev–Trinajstić information content (AvgIpc) is 2.48. The Hall–Kier alpha value is -2.62. The van der Waals surface area contributed by atoms with Gasteiger partial charge in [-0.05, 0) is 57.4 Å². The first-order valence-electron chi connectivity index (χ1n) is 8.01. The standard InChI is InChI=1S/C20H24N2O2/c1-12-6-7-17(14(3)8-12)20(24)21-11-18(23)22-19-15(4)9-13(2)10-16(19)5/h6-10H,11H2,1-5H3,(H,21,24)(H,22,23). The van der Waals surface area contributed by atoms with Crippen molar-refractivity contribution >= 4 is 17.5 Å². The van der Waals surface area contributed by atoms with Crippen molar-refractivity contribution in [3.8, 4) is 0 Å². The lowest BCUT2D eigenvalue weighted by atomic mass is 10.0. The number of nitrogens with one attached hydrogen (secondary N) is 2. The highest BCUT2D eigenvalue weighted by Crippen LogP contribution is 2.21. The molecule has 2 rings (SSSR count). The Balaban J connectivity index is 2.00. The number of rotatable bonds is 4. The van der Waals surface area contributed by atoms with Crippen LogP contribution in [0.15, 0.2) is 30.3 Å². The van der Waals surface area contributed by atoms with Gasteiger partial charge < -0.3 is 10.6 Å². The van der Waals surface area contributed by atoms with Gasteiger partial charge in [-0.1, -0.05) is 35.4 Å². The SMILES string of the molecule is Cc1ccc(C(=O)NCC(=O)Nc2c(C)cc(C)cc2C)c(C)c1.